The Morgan fingerprint density at radius 1 is 1.24 bits per heavy atom. The molecule has 2 rings (SSSR count). The summed E-state index contributed by atoms with van der Waals surface area (Å²) >= 11 is 0. The predicted molar refractivity (Wildman–Crippen MR) is 71.9 cm³/mol. The minimum Gasteiger partial charge on any atom is -0.367 e. The minimum absolute atomic E-state index is 0.220. The molecular formula is C14H25N3. The molecular weight excluding hydrogens is 210 g/mol. The Labute approximate surface area is 104 Å². The van der Waals surface area contributed by atoms with Gasteiger partial charge in [0.05, 0.1) is 0 Å². The highest BCUT2D eigenvalue weighted by Crippen LogP contribution is 2.28. The van der Waals surface area contributed by atoms with Gasteiger partial charge >= 0.3 is 0 Å². The molecule has 0 unspecified atom stereocenters. The molecule has 3 N–H and O–H groups in total. The molecule has 1 fully saturated rings. The molecule has 0 saturated carbocycles. The maximum Gasteiger partial charge on any atom is 0.0223 e. The van der Waals surface area contributed by atoms with E-state index in [1.165, 1.54) is 18.4 Å². The van der Waals surface area contributed by atoms with E-state index in [-0.39, 0.29) is 11.1 Å². The van der Waals surface area contributed by atoms with Crippen LogP contribution in [0.3, 0.4) is 0 Å². The molecule has 1 saturated heterocycles. The van der Waals surface area contributed by atoms with E-state index in [4.69, 9.17) is 0 Å². The zero-order chi connectivity index (χ0) is 12.5. The summed E-state index contributed by atoms with van der Waals surface area (Å²) in [6.07, 6.45) is 6.40. The smallest absolute Gasteiger partial charge is 0.0223 e. The summed E-state index contributed by atoms with van der Waals surface area (Å²) < 4.78 is 0. The Hall–Kier alpha value is -0.800. The maximum absolute atomic E-state index is 3.71. The second-order valence-corrected chi connectivity index (χ2v) is 6.60. The molecule has 1 aliphatic heterocycles. The molecule has 0 bridgehead atoms. The molecule has 1 aromatic rings. The topological polar surface area (TPSA) is 39.9 Å². The zero-order valence-electron chi connectivity index (χ0n) is 11.4. The van der Waals surface area contributed by atoms with Crippen LogP contribution in [0.15, 0.2) is 18.5 Å². The molecule has 96 valence electrons. The first kappa shape index (κ1) is 12.7. The van der Waals surface area contributed by atoms with Gasteiger partial charge in [-0.2, -0.15) is 0 Å². The van der Waals surface area contributed by atoms with E-state index < -0.39 is 0 Å². The summed E-state index contributed by atoms with van der Waals surface area (Å²) in [6, 6.07) is 2.72. The lowest BCUT2D eigenvalue weighted by molar-refractivity contribution is 0.145. The van der Waals surface area contributed by atoms with Gasteiger partial charge < -0.3 is 15.6 Å². The summed E-state index contributed by atoms with van der Waals surface area (Å²) in [6.45, 7) is 10.1. The Morgan fingerprint density at radius 2 is 1.88 bits per heavy atom. The third kappa shape index (κ3) is 3.58. The first-order chi connectivity index (χ1) is 7.86. The largest absolute Gasteiger partial charge is 0.367 e. The lowest BCUT2D eigenvalue weighted by Crippen LogP contribution is -2.61. The van der Waals surface area contributed by atoms with Gasteiger partial charge in [0.2, 0.25) is 0 Å². The summed E-state index contributed by atoms with van der Waals surface area (Å²) in [4.78, 5) is 3.10. The summed E-state index contributed by atoms with van der Waals surface area (Å²) in [5.41, 5.74) is 1.77. The molecule has 0 atom stereocenters. The predicted octanol–water partition coefficient (Wildman–Crippen LogP) is 2.41. The average Bonchev–Trinajstić information content (AvgIpc) is 2.61. The van der Waals surface area contributed by atoms with E-state index >= 15 is 0 Å². The molecule has 1 aliphatic rings. The molecule has 3 nitrogen and oxygen atoms in total. The normalized spacial score (nSPS) is 23.8. The SMILES string of the molecule is CC1(C)CC(NCc2cc[nH]c2)CC(C)(C)N1. The van der Waals surface area contributed by atoms with Crippen molar-refractivity contribution < 1.29 is 0 Å². The highest BCUT2D eigenvalue weighted by atomic mass is 15.1. The van der Waals surface area contributed by atoms with Gasteiger partial charge in [-0.25, -0.2) is 0 Å². The molecule has 0 radical (unpaired) electrons. The maximum atomic E-state index is 3.71. The summed E-state index contributed by atoms with van der Waals surface area (Å²) in [7, 11) is 0. The van der Waals surface area contributed by atoms with Crippen LogP contribution in [0.5, 0.6) is 0 Å². The fraction of sp³-hybridized carbons (Fsp3) is 0.714. The van der Waals surface area contributed by atoms with E-state index in [0.717, 1.165) is 6.54 Å². The van der Waals surface area contributed by atoms with Gasteiger partial charge in [0.15, 0.2) is 0 Å². The number of rotatable bonds is 3. The van der Waals surface area contributed by atoms with E-state index in [0.29, 0.717) is 6.04 Å². The van der Waals surface area contributed by atoms with Crippen molar-refractivity contribution in [2.45, 2.75) is 64.2 Å². The Bertz CT molecular complexity index is 336. The van der Waals surface area contributed by atoms with Crippen molar-refractivity contribution in [1.82, 2.24) is 15.6 Å². The minimum atomic E-state index is 0.220. The van der Waals surface area contributed by atoms with Crippen molar-refractivity contribution >= 4 is 0 Å². The molecule has 3 heteroatoms. The standard InChI is InChI=1S/C14H25N3/c1-13(2)7-12(8-14(3,4)17-13)16-10-11-5-6-15-9-11/h5-6,9,12,15-17H,7-8,10H2,1-4H3. The van der Waals surface area contributed by atoms with Gasteiger partial charge in [-0.15, -0.1) is 0 Å². The van der Waals surface area contributed by atoms with Crippen molar-refractivity contribution in [3.05, 3.63) is 24.0 Å². The second kappa shape index (κ2) is 4.46. The number of nitrogens with one attached hydrogen (secondary N) is 3. The quantitative estimate of drug-likeness (QED) is 0.753. The van der Waals surface area contributed by atoms with Gasteiger partial charge in [0.25, 0.3) is 0 Å². The lowest BCUT2D eigenvalue weighted by Gasteiger charge is -2.46. The fourth-order valence-corrected chi connectivity index (χ4v) is 3.20. The van der Waals surface area contributed by atoms with E-state index in [1.807, 2.05) is 6.20 Å². The molecule has 0 spiro atoms. The van der Waals surface area contributed by atoms with Crippen LogP contribution in [-0.4, -0.2) is 22.1 Å². The Morgan fingerprint density at radius 3 is 2.41 bits per heavy atom. The van der Waals surface area contributed by atoms with Gasteiger partial charge in [0.1, 0.15) is 0 Å². The number of H-pyrrole nitrogens is 1. The van der Waals surface area contributed by atoms with E-state index in [1.54, 1.807) is 0 Å². The van der Waals surface area contributed by atoms with Crippen molar-refractivity contribution in [1.29, 1.82) is 0 Å². The van der Waals surface area contributed by atoms with Gasteiger partial charge in [-0.3, -0.25) is 0 Å². The third-order valence-electron chi connectivity index (χ3n) is 3.45. The van der Waals surface area contributed by atoms with Crippen LogP contribution in [0.25, 0.3) is 0 Å². The van der Waals surface area contributed by atoms with Gasteiger partial charge in [-0.1, -0.05) is 0 Å². The molecule has 0 aliphatic carbocycles. The van der Waals surface area contributed by atoms with E-state index in [9.17, 15) is 0 Å². The van der Waals surface area contributed by atoms with Crippen LogP contribution in [0.1, 0.15) is 46.1 Å². The second-order valence-electron chi connectivity index (χ2n) is 6.60. The van der Waals surface area contributed by atoms with Crippen LogP contribution >= 0.6 is 0 Å². The van der Waals surface area contributed by atoms with Crippen LogP contribution in [0.4, 0.5) is 0 Å². The first-order valence-electron chi connectivity index (χ1n) is 6.51. The number of hydrogen-bond donors (Lipinski definition) is 3. The van der Waals surface area contributed by atoms with Gasteiger partial charge in [0, 0.05) is 36.1 Å². The molecule has 0 amide bonds. The first-order valence-corrected chi connectivity index (χ1v) is 6.51. The number of aromatic nitrogens is 1. The van der Waals surface area contributed by atoms with Crippen molar-refractivity contribution in [3.63, 3.8) is 0 Å². The highest BCUT2D eigenvalue weighted by molar-refractivity contribution is 5.08. The molecule has 17 heavy (non-hydrogen) atoms. The number of aromatic amines is 1. The summed E-state index contributed by atoms with van der Waals surface area (Å²) in [5, 5.41) is 7.38. The lowest BCUT2D eigenvalue weighted by atomic mass is 9.79. The van der Waals surface area contributed by atoms with Crippen LogP contribution in [-0.2, 0) is 6.54 Å². The van der Waals surface area contributed by atoms with Crippen LogP contribution in [0.2, 0.25) is 0 Å². The summed E-state index contributed by atoms with van der Waals surface area (Å²) in [5.74, 6) is 0. The number of hydrogen-bond acceptors (Lipinski definition) is 2. The van der Waals surface area contributed by atoms with Crippen molar-refractivity contribution in [2.24, 2.45) is 0 Å². The average molecular weight is 235 g/mol. The van der Waals surface area contributed by atoms with Crippen LogP contribution < -0.4 is 10.6 Å². The van der Waals surface area contributed by atoms with Crippen molar-refractivity contribution in [3.8, 4) is 0 Å². The zero-order valence-corrected chi connectivity index (χ0v) is 11.4. The molecule has 0 aromatic carbocycles. The van der Waals surface area contributed by atoms with Gasteiger partial charge in [-0.05, 0) is 52.2 Å². The van der Waals surface area contributed by atoms with Crippen molar-refractivity contribution in [2.75, 3.05) is 0 Å². The Kier molecular flexibility index (Phi) is 3.32. The highest BCUT2D eigenvalue weighted by Gasteiger charge is 2.37. The monoisotopic (exact) mass is 235 g/mol. The third-order valence-corrected chi connectivity index (χ3v) is 3.45. The van der Waals surface area contributed by atoms with E-state index in [2.05, 4.69) is 55.6 Å². The van der Waals surface area contributed by atoms with Crippen LogP contribution in [0, 0.1) is 0 Å². The Balaban J connectivity index is 1.92. The fourth-order valence-electron chi connectivity index (χ4n) is 3.20. The molecule has 2 heterocycles. The molecule has 1 aromatic heterocycles. The number of piperidine rings is 1.